The molecule has 102 valence electrons. The normalized spacial score (nSPS) is 22.3. The van der Waals surface area contributed by atoms with Crippen molar-refractivity contribution in [3.05, 3.63) is 47.5 Å². The molecule has 1 fully saturated rings. The molecular formula is C17H29N. The van der Waals surface area contributed by atoms with E-state index in [1.165, 1.54) is 11.3 Å². The van der Waals surface area contributed by atoms with Crippen molar-refractivity contribution in [1.29, 1.82) is 0 Å². The Kier molecular flexibility index (Phi) is 7.96. The molecule has 2 rings (SSSR count). The zero-order valence-corrected chi connectivity index (χ0v) is 12.6. The van der Waals surface area contributed by atoms with Crippen LogP contribution in [0.4, 0.5) is 0 Å². The number of hydrogen-bond acceptors (Lipinski definition) is 1. The molecular weight excluding hydrogens is 218 g/mol. The smallest absolute Gasteiger partial charge is 0.0471 e. The van der Waals surface area contributed by atoms with Gasteiger partial charge in [-0.1, -0.05) is 52.2 Å². The molecule has 1 saturated heterocycles. The fraction of sp³-hybridized carbons (Fsp3) is 0.529. The molecule has 1 heterocycles. The van der Waals surface area contributed by atoms with Crippen LogP contribution in [0.1, 0.15) is 48.9 Å². The molecule has 1 aliphatic carbocycles. The van der Waals surface area contributed by atoms with Gasteiger partial charge in [-0.15, -0.1) is 6.58 Å². The lowest BCUT2D eigenvalue weighted by Crippen LogP contribution is -2.23. The van der Waals surface area contributed by atoms with Gasteiger partial charge in [-0.2, -0.15) is 0 Å². The third-order valence-electron chi connectivity index (χ3n) is 3.16. The van der Waals surface area contributed by atoms with Crippen LogP contribution >= 0.6 is 0 Å². The van der Waals surface area contributed by atoms with Gasteiger partial charge in [0.1, 0.15) is 0 Å². The number of rotatable bonds is 3. The van der Waals surface area contributed by atoms with Crippen LogP contribution in [0.5, 0.6) is 0 Å². The molecule has 1 heteroatoms. The van der Waals surface area contributed by atoms with Crippen molar-refractivity contribution in [2.24, 2.45) is 5.41 Å². The third kappa shape index (κ3) is 3.29. The first-order chi connectivity index (χ1) is 8.82. The molecule has 1 unspecified atom stereocenters. The summed E-state index contributed by atoms with van der Waals surface area (Å²) in [6.45, 7) is 15.1. The number of hydrogen-bond donors (Lipinski definition) is 1. The highest BCUT2D eigenvalue weighted by molar-refractivity contribution is 5.44. The lowest BCUT2D eigenvalue weighted by atomic mass is 9.76. The minimum Gasteiger partial charge on any atom is -0.383 e. The highest BCUT2D eigenvalue weighted by Crippen LogP contribution is 2.42. The fourth-order valence-corrected chi connectivity index (χ4v) is 2.20. The van der Waals surface area contributed by atoms with Crippen molar-refractivity contribution in [2.75, 3.05) is 6.54 Å². The Morgan fingerprint density at radius 2 is 2.11 bits per heavy atom. The first-order valence-electron chi connectivity index (χ1n) is 7.10. The molecule has 1 atom stereocenters. The van der Waals surface area contributed by atoms with Crippen molar-refractivity contribution < 1.29 is 1.43 Å². The lowest BCUT2D eigenvalue weighted by Gasteiger charge is -2.25. The van der Waals surface area contributed by atoms with Crippen LogP contribution < -0.4 is 5.32 Å². The first-order valence-corrected chi connectivity index (χ1v) is 7.10. The second-order valence-corrected chi connectivity index (χ2v) is 3.87. The van der Waals surface area contributed by atoms with E-state index in [9.17, 15) is 0 Å². The number of fused-ring (bicyclic) bond motifs is 1. The minimum atomic E-state index is 0. The summed E-state index contributed by atoms with van der Waals surface area (Å²) in [4.78, 5) is 0. The van der Waals surface area contributed by atoms with Crippen LogP contribution in [0.25, 0.3) is 0 Å². The minimum absolute atomic E-state index is 0. The maximum Gasteiger partial charge on any atom is 0.0471 e. The van der Waals surface area contributed by atoms with Crippen LogP contribution in [0, 0.1) is 5.41 Å². The first kappa shape index (κ1) is 16.6. The highest BCUT2D eigenvalue weighted by Gasteiger charge is 2.39. The molecule has 0 aromatic carbocycles. The van der Waals surface area contributed by atoms with Gasteiger partial charge < -0.3 is 5.32 Å². The Bertz CT molecular complexity index is 393. The molecule has 2 aliphatic rings. The topological polar surface area (TPSA) is 12.0 Å². The zero-order valence-electron chi connectivity index (χ0n) is 12.6. The summed E-state index contributed by atoms with van der Waals surface area (Å²) in [7, 11) is 0. The van der Waals surface area contributed by atoms with E-state index < -0.39 is 0 Å². The van der Waals surface area contributed by atoms with Crippen molar-refractivity contribution in [2.45, 2.75) is 47.5 Å². The van der Waals surface area contributed by atoms with Gasteiger partial charge in [-0.25, -0.2) is 0 Å². The second kappa shape index (κ2) is 8.64. The van der Waals surface area contributed by atoms with Gasteiger partial charge in [0.15, 0.2) is 0 Å². The summed E-state index contributed by atoms with van der Waals surface area (Å²) < 4.78 is 0. The van der Waals surface area contributed by atoms with Crippen LogP contribution in [0.15, 0.2) is 47.5 Å². The van der Waals surface area contributed by atoms with Crippen LogP contribution in [0.3, 0.4) is 0 Å². The van der Waals surface area contributed by atoms with Gasteiger partial charge in [-0.05, 0) is 25.0 Å². The van der Waals surface area contributed by atoms with Gasteiger partial charge >= 0.3 is 0 Å². The van der Waals surface area contributed by atoms with E-state index in [1.807, 2.05) is 39.8 Å². The summed E-state index contributed by atoms with van der Waals surface area (Å²) in [6.07, 6.45) is 8.12. The molecule has 1 nitrogen and oxygen atoms in total. The Balaban J connectivity index is 0. The Labute approximate surface area is 114 Å². The Morgan fingerprint density at radius 3 is 2.67 bits per heavy atom. The summed E-state index contributed by atoms with van der Waals surface area (Å²) >= 11 is 0. The summed E-state index contributed by atoms with van der Waals surface area (Å²) in [5, 5.41) is 3.43. The van der Waals surface area contributed by atoms with Gasteiger partial charge in [0, 0.05) is 24.7 Å². The largest absolute Gasteiger partial charge is 0.383 e. The van der Waals surface area contributed by atoms with Crippen molar-refractivity contribution >= 4 is 0 Å². The molecule has 0 amide bonds. The maximum atomic E-state index is 3.84. The SMILES string of the molecule is C=CCC1(CC)CNC2=CC=C=C=C21.CC.CC.[HH]. The molecule has 0 spiro atoms. The quantitative estimate of drug-likeness (QED) is 0.547. The standard InChI is InChI=1S/C13H15N.2C2H6.H2/c1-3-9-13(4-2)10-14-12-8-6-5-7-11(12)13;2*1-2;/h3,6,8,14H,1,4,9-10H2,2H3;2*1-2H3;1H. The van der Waals surface area contributed by atoms with E-state index in [4.69, 9.17) is 0 Å². The van der Waals surface area contributed by atoms with Crippen molar-refractivity contribution in [3.8, 4) is 0 Å². The number of nitrogens with one attached hydrogen (secondary N) is 1. The van der Waals surface area contributed by atoms with E-state index in [0.29, 0.717) is 0 Å². The predicted molar refractivity (Wildman–Crippen MR) is 83.5 cm³/mol. The van der Waals surface area contributed by atoms with Gasteiger partial charge in [0.2, 0.25) is 0 Å². The molecule has 18 heavy (non-hydrogen) atoms. The maximum absolute atomic E-state index is 3.84. The molecule has 0 saturated carbocycles. The summed E-state index contributed by atoms with van der Waals surface area (Å²) in [5.41, 5.74) is 8.98. The Hall–Kier alpha value is -1.42. The van der Waals surface area contributed by atoms with Gasteiger partial charge in [0.05, 0.1) is 0 Å². The average Bonchev–Trinajstić information content (AvgIpc) is 2.84. The Morgan fingerprint density at radius 1 is 1.44 bits per heavy atom. The lowest BCUT2D eigenvalue weighted by molar-refractivity contribution is 0.381. The summed E-state index contributed by atoms with van der Waals surface area (Å²) in [6, 6.07) is 0. The van der Waals surface area contributed by atoms with E-state index in [2.05, 4.69) is 36.4 Å². The van der Waals surface area contributed by atoms with Gasteiger partial charge in [-0.3, -0.25) is 0 Å². The monoisotopic (exact) mass is 247 g/mol. The molecule has 1 aliphatic heterocycles. The molecule has 0 aromatic heterocycles. The highest BCUT2D eigenvalue weighted by atomic mass is 14.9. The summed E-state index contributed by atoms with van der Waals surface area (Å²) in [5.74, 6) is 0. The molecule has 0 radical (unpaired) electrons. The third-order valence-corrected chi connectivity index (χ3v) is 3.16. The van der Waals surface area contributed by atoms with E-state index in [1.54, 1.807) is 0 Å². The molecule has 0 aromatic rings. The number of allylic oxidation sites excluding steroid dienone is 4. The van der Waals surface area contributed by atoms with E-state index >= 15 is 0 Å². The zero-order chi connectivity index (χ0) is 14.0. The van der Waals surface area contributed by atoms with Crippen LogP contribution in [0.2, 0.25) is 0 Å². The molecule has 0 bridgehead atoms. The molecule has 1 N–H and O–H groups in total. The van der Waals surface area contributed by atoms with Crippen molar-refractivity contribution in [3.63, 3.8) is 0 Å². The van der Waals surface area contributed by atoms with Gasteiger partial charge in [0.25, 0.3) is 0 Å². The second-order valence-electron chi connectivity index (χ2n) is 3.87. The average molecular weight is 247 g/mol. The van der Waals surface area contributed by atoms with Crippen LogP contribution in [-0.2, 0) is 0 Å². The fourth-order valence-electron chi connectivity index (χ4n) is 2.20. The van der Waals surface area contributed by atoms with Crippen molar-refractivity contribution in [1.82, 2.24) is 5.32 Å². The van der Waals surface area contributed by atoms with Crippen LogP contribution in [-0.4, -0.2) is 6.54 Å². The van der Waals surface area contributed by atoms with E-state index in [-0.39, 0.29) is 6.84 Å². The van der Waals surface area contributed by atoms with E-state index in [0.717, 1.165) is 19.4 Å². The predicted octanol–water partition coefficient (Wildman–Crippen LogP) is 4.99.